The number of aromatic nitrogens is 2. The number of carbonyl (C=O) groups excluding carboxylic acids is 2. The molecule has 5 rings (SSSR count). The van der Waals surface area contributed by atoms with Crippen LogP contribution in [0.3, 0.4) is 0 Å². The van der Waals surface area contributed by atoms with Crippen LogP contribution < -0.4 is 9.64 Å². The van der Waals surface area contributed by atoms with Crippen LogP contribution in [0.1, 0.15) is 31.5 Å². The molecule has 154 valence electrons. The number of nitrogens with zero attached hydrogens (tertiary/aromatic N) is 3. The summed E-state index contributed by atoms with van der Waals surface area (Å²) in [6.07, 6.45) is 1.20. The van der Waals surface area contributed by atoms with E-state index in [2.05, 4.69) is 4.98 Å². The van der Waals surface area contributed by atoms with E-state index in [1.807, 2.05) is 47.4 Å². The maximum Gasteiger partial charge on any atom is 0.265 e. The maximum atomic E-state index is 13.3. The van der Waals surface area contributed by atoms with Crippen molar-refractivity contribution in [3.63, 3.8) is 0 Å². The number of ether oxygens (including phenoxy) is 1. The van der Waals surface area contributed by atoms with Gasteiger partial charge in [-0.1, -0.05) is 24.3 Å². The van der Waals surface area contributed by atoms with Gasteiger partial charge in [-0.15, -0.1) is 0 Å². The van der Waals surface area contributed by atoms with Crippen molar-refractivity contribution >= 4 is 28.5 Å². The molecule has 2 atom stereocenters. The van der Waals surface area contributed by atoms with Crippen molar-refractivity contribution < 1.29 is 14.3 Å². The van der Waals surface area contributed by atoms with Gasteiger partial charge in [-0.25, -0.2) is 4.98 Å². The van der Waals surface area contributed by atoms with E-state index < -0.39 is 6.10 Å². The van der Waals surface area contributed by atoms with E-state index in [0.29, 0.717) is 24.5 Å². The van der Waals surface area contributed by atoms with Gasteiger partial charge in [-0.3, -0.25) is 9.59 Å². The Hall–Kier alpha value is -3.35. The summed E-state index contributed by atoms with van der Waals surface area (Å²) in [6.45, 7) is 3.04. The molecule has 7 nitrogen and oxygen atoms in total. The standard InChI is InChI=1S/C23H24N4O3/c1-15(28)27-14-21(30-20-11-5-4-10-19(20)27)23(29)26-12-6-7-16(13-26)22-24-17-8-2-3-9-18(17)25-22/h2-5,8-11,16,21H,6-7,12-14H2,1H3,(H,24,25). The Kier molecular flexibility index (Phi) is 4.65. The van der Waals surface area contributed by atoms with Gasteiger partial charge in [0.25, 0.3) is 5.91 Å². The number of imidazole rings is 1. The van der Waals surface area contributed by atoms with Crippen LogP contribution in [0.25, 0.3) is 11.0 Å². The molecular formula is C23H24N4O3. The van der Waals surface area contributed by atoms with Gasteiger partial charge in [0.2, 0.25) is 5.91 Å². The molecule has 0 aliphatic carbocycles. The highest BCUT2D eigenvalue weighted by Crippen LogP contribution is 2.34. The van der Waals surface area contributed by atoms with Crippen molar-refractivity contribution in [2.24, 2.45) is 0 Å². The molecule has 2 amide bonds. The zero-order valence-electron chi connectivity index (χ0n) is 16.9. The summed E-state index contributed by atoms with van der Waals surface area (Å²) in [5.74, 6) is 1.49. The monoisotopic (exact) mass is 404 g/mol. The number of likely N-dealkylation sites (tertiary alicyclic amines) is 1. The van der Waals surface area contributed by atoms with E-state index >= 15 is 0 Å². The summed E-state index contributed by atoms with van der Waals surface area (Å²) in [4.78, 5) is 37.1. The number of hydrogen-bond donors (Lipinski definition) is 1. The van der Waals surface area contributed by atoms with Crippen LogP contribution in [0.5, 0.6) is 5.75 Å². The van der Waals surface area contributed by atoms with E-state index in [4.69, 9.17) is 9.72 Å². The Morgan fingerprint density at radius 1 is 1.10 bits per heavy atom. The lowest BCUT2D eigenvalue weighted by molar-refractivity contribution is -0.140. The van der Waals surface area contributed by atoms with Crippen molar-refractivity contribution in [1.29, 1.82) is 0 Å². The first-order valence-electron chi connectivity index (χ1n) is 10.4. The predicted octanol–water partition coefficient (Wildman–Crippen LogP) is 3.08. The number of para-hydroxylation sites is 4. The first-order chi connectivity index (χ1) is 14.6. The number of fused-ring (bicyclic) bond motifs is 2. The average Bonchev–Trinajstić information content (AvgIpc) is 3.22. The van der Waals surface area contributed by atoms with Crippen LogP contribution in [0.4, 0.5) is 5.69 Å². The summed E-state index contributed by atoms with van der Waals surface area (Å²) in [6, 6.07) is 15.3. The lowest BCUT2D eigenvalue weighted by atomic mass is 9.96. The molecule has 2 aromatic carbocycles. The van der Waals surface area contributed by atoms with Crippen molar-refractivity contribution in [2.45, 2.75) is 31.8 Å². The summed E-state index contributed by atoms with van der Waals surface area (Å²) >= 11 is 0. The fraction of sp³-hybridized carbons (Fsp3) is 0.348. The van der Waals surface area contributed by atoms with E-state index in [1.165, 1.54) is 6.92 Å². The third kappa shape index (κ3) is 3.30. The number of carbonyl (C=O) groups is 2. The molecule has 1 fully saturated rings. The van der Waals surface area contributed by atoms with Gasteiger partial charge in [0.1, 0.15) is 11.6 Å². The molecule has 3 aromatic rings. The van der Waals surface area contributed by atoms with Gasteiger partial charge in [0, 0.05) is 25.9 Å². The zero-order valence-corrected chi connectivity index (χ0v) is 16.9. The normalized spacial score (nSPS) is 21.2. The number of benzene rings is 2. The Bertz CT molecular complexity index is 1080. The second-order valence-corrected chi connectivity index (χ2v) is 7.97. The van der Waals surface area contributed by atoms with Gasteiger partial charge < -0.3 is 19.5 Å². The SMILES string of the molecule is CC(=O)N1CC(C(=O)N2CCCC(c3nc4ccccc4[nH]3)C2)Oc2ccccc21. The molecule has 30 heavy (non-hydrogen) atoms. The summed E-state index contributed by atoms with van der Waals surface area (Å²) in [5, 5.41) is 0. The van der Waals surface area contributed by atoms with Gasteiger partial charge >= 0.3 is 0 Å². The zero-order chi connectivity index (χ0) is 20.7. The largest absolute Gasteiger partial charge is 0.476 e. The highest BCUT2D eigenvalue weighted by atomic mass is 16.5. The first kappa shape index (κ1) is 18.7. The Morgan fingerprint density at radius 3 is 2.73 bits per heavy atom. The number of hydrogen-bond acceptors (Lipinski definition) is 4. The summed E-state index contributed by atoms with van der Waals surface area (Å²) in [5.41, 5.74) is 2.67. The number of amides is 2. The van der Waals surface area contributed by atoms with Crippen LogP contribution in [-0.2, 0) is 9.59 Å². The second kappa shape index (κ2) is 7.48. The molecule has 2 aliphatic heterocycles. The van der Waals surface area contributed by atoms with E-state index in [0.717, 1.165) is 29.7 Å². The van der Waals surface area contributed by atoms with Crippen LogP contribution in [0.2, 0.25) is 0 Å². The second-order valence-electron chi connectivity index (χ2n) is 7.97. The molecule has 1 aromatic heterocycles. The molecular weight excluding hydrogens is 380 g/mol. The minimum atomic E-state index is -0.696. The minimum absolute atomic E-state index is 0.0726. The average molecular weight is 404 g/mol. The van der Waals surface area contributed by atoms with Crippen molar-refractivity contribution in [3.8, 4) is 5.75 Å². The van der Waals surface area contributed by atoms with E-state index in [1.54, 1.807) is 11.0 Å². The van der Waals surface area contributed by atoms with Gasteiger partial charge in [0.15, 0.2) is 6.10 Å². The lowest BCUT2D eigenvalue weighted by Crippen LogP contribution is -2.53. The molecule has 0 radical (unpaired) electrons. The van der Waals surface area contributed by atoms with Crippen LogP contribution >= 0.6 is 0 Å². The smallest absolute Gasteiger partial charge is 0.265 e. The van der Waals surface area contributed by atoms with Gasteiger partial charge in [-0.2, -0.15) is 0 Å². The van der Waals surface area contributed by atoms with Crippen molar-refractivity contribution in [3.05, 3.63) is 54.4 Å². The van der Waals surface area contributed by atoms with E-state index in [9.17, 15) is 9.59 Å². The van der Waals surface area contributed by atoms with E-state index in [-0.39, 0.29) is 24.3 Å². The number of rotatable bonds is 2. The third-order valence-corrected chi connectivity index (χ3v) is 5.96. The molecule has 1 N–H and O–H groups in total. The van der Waals surface area contributed by atoms with Crippen molar-refractivity contribution in [2.75, 3.05) is 24.5 Å². The Balaban J connectivity index is 1.35. The molecule has 2 aliphatic rings. The molecule has 1 saturated heterocycles. The lowest BCUT2D eigenvalue weighted by Gasteiger charge is -2.38. The third-order valence-electron chi connectivity index (χ3n) is 5.96. The molecule has 0 spiro atoms. The molecule has 7 heteroatoms. The maximum absolute atomic E-state index is 13.3. The number of piperidine rings is 1. The summed E-state index contributed by atoms with van der Waals surface area (Å²) in [7, 11) is 0. The van der Waals surface area contributed by atoms with Crippen LogP contribution in [0, 0.1) is 0 Å². The quantitative estimate of drug-likeness (QED) is 0.712. The first-order valence-corrected chi connectivity index (χ1v) is 10.4. The fourth-order valence-corrected chi connectivity index (χ4v) is 4.43. The number of aromatic amines is 1. The van der Waals surface area contributed by atoms with Crippen molar-refractivity contribution in [1.82, 2.24) is 14.9 Å². The highest BCUT2D eigenvalue weighted by Gasteiger charge is 2.37. The predicted molar refractivity (Wildman–Crippen MR) is 114 cm³/mol. The van der Waals surface area contributed by atoms with Crippen LogP contribution in [-0.4, -0.2) is 52.4 Å². The number of nitrogens with one attached hydrogen (secondary N) is 1. The molecule has 0 bridgehead atoms. The molecule has 0 saturated carbocycles. The number of anilines is 1. The summed E-state index contributed by atoms with van der Waals surface area (Å²) < 4.78 is 6.01. The van der Waals surface area contributed by atoms with Gasteiger partial charge in [-0.05, 0) is 37.1 Å². The molecule has 2 unspecified atom stereocenters. The Labute approximate surface area is 174 Å². The van der Waals surface area contributed by atoms with Gasteiger partial charge in [0.05, 0.1) is 23.3 Å². The fourth-order valence-electron chi connectivity index (χ4n) is 4.43. The molecule has 3 heterocycles. The topological polar surface area (TPSA) is 78.5 Å². The minimum Gasteiger partial charge on any atom is -0.476 e. The number of H-pyrrole nitrogens is 1. The highest BCUT2D eigenvalue weighted by molar-refractivity contribution is 5.96. The Morgan fingerprint density at radius 2 is 1.90 bits per heavy atom. The van der Waals surface area contributed by atoms with Crippen LogP contribution in [0.15, 0.2) is 48.5 Å².